The van der Waals surface area contributed by atoms with Crippen LogP contribution in [0.3, 0.4) is 0 Å². The summed E-state index contributed by atoms with van der Waals surface area (Å²) in [7, 11) is 0. The van der Waals surface area contributed by atoms with Crippen LogP contribution in [-0.2, 0) is 9.53 Å². The van der Waals surface area contributed by atoms with E-state index in [0.717, 1.165) is 12.2 Å². The molecule has 0 aromatic carbocycles. The number of ether oxygens (including phenoxy) is 1. The van der Waals surface area contributed by atoms with Crippen molar-refractivity contribution in [2.45, 2.75) is 31.9 Å². The highest BCUT2D eigenvalue weighted by Gasteiger charge is 2.31. The predicted molar refractivity (Wildman–Crippen MR) is 74.8 cm³/mol. The average Bonchev–Trinajstić information content (AvgIpc) is 2.23. The van der Waals surface area contributed by atoms with Gasteiger partial charge in [0, 0.05) is 13.1 Å². The molecule has 1 aliphatic rings. The third kappa shape index (κ3) is 5.46. The van der Waals surface area contributed by atoms with Crippen LogP contribution in [0.5, 0.6) is 0 Å². The standard InChI is InChI=1S/C11H22N2O2S.ClH/c1-11(2)8-13(5-6-15-11)10(14)9(12)4-7-16-3;/h9H,4-8,12H2,1-3H3;1H/t9-;/m0./s1. The van der Waals surface area contributed by atoms with Crippen LogP contribution in [0.25, 0.3) is 0 Å². The molecule has 1 amide bonds. The summed E-state index contributed by atoms with van der Waals surface area (Å²) in [6.07, 6.45) is 2.77. The Morgan fingerprint density at radius 2 is 2.24 bits per heavy atom. The molecule has 102 valence electrons. The molecule has 0 bridgehead atoms. The number of thioether (sulfide) groups is 1. The van der Waals surface area contributed by atoms with Crippen molar-refractivity contribution < 1.29 is 9.53 Å². The quantitative estimate of drug-likeness (QED) is 0.840. The van der Waals surface area contributed by atoms with Gasteiger partial charge in [-0.05, 0) is 32.3 Å². The van der Waals surface area contributed by atoms with Crippen molar-refractivity contribution in [2.75, 3.05) is 31.7 Å². The van der Waals surface area contributed by atoms with Crippen molar-refractivity contribution in [3.63, 3.8) is 0 Å². The number of halogens is 1. The number of amides is 1. The number of carbonyl (C=O) groups is 1. The van der Waals surface area contributed by atoms with Crippen LogP contribution in [0.4, 0.5) is 0 Å². The molecule has 0 saturated carbocycles. The van der Waals surface area contributed by atoms with Crippen LogP contribution in [0, 0.1) is 0 Å². The third-order valence-corrected chi connectivity index (χ3v) is 3.33. The lowest BCUT2D eigenvalue weighted by atomic mass is 10.1. The van der Waals surface area contributed by atoms with Crippen LogP contribution in [0.1, 0.15) is 20.3 Å². The first-order chi connectivity index (χ1) is 7.46. The molecule has 0 spiro atoms. The maximum absolute atomic E-state index is 12.0. The van der Waals surface area contributed by atoms with Crippen LogP contribution in [0.2, 0.25) is 0 Å². The molecule has 0 aromatic rings. The highest BCUT2D eigenvalue weighted by Crippen LogP contribution is 2.17. The van der Waals surface area contributed by atoms with Gasteiger partial charge < -0.3 is 15.4 Å². The van der Waals surface area contributed by atoms with Gasteiger partial charge in [-0.25, -0.2) is 0 Å². The maximum atomic E-state index is 12.0. The predicted octanol–water partition coefficient (Wildman–Crippen LogP) is 1.13. The summed E-state index contributed by atoms with van der Waals surface area (Å²) in [5, 5.41) is 0. The number of morpholine rings is 1. The Labute approximate surface area is 114 Å². The van der Waals surface area contributed by atoms with Gasteiger partial charge in [-0.3, -0.25) is 4.79 Å². The molecule has 1 rings (SSSR count). The Balaban J connectivity index is 0.00000256. The van der Waals surface area contributed by atoms with Crippen molar-refractivity contribution in [2.24, 2.45) is 5.73 Å². The second-order valence-corrected chi connectivity index (χ2v) is 5.74. The van der Waals surface area contributed by atoms with E-state index in [1.807, 2.05) is 25.0 Å². The molecule has 1 atom stereocenters. The number of hydrogen-bond acceptors (Lipinski definition) is 4. The summed E-state index contributed by atoms with van der Waals surface area (Å²) in [5.74, 6) is 0.992. The van der Waals surface area contributed by atoms with Crippen molar-refractivity contribution in [1.29, 1.82) is 0 Å². The van der Waals surface area contributed by atoms with Gasteiger partial charge in [0.25, 0.3) is 0 Å². The molecule has 4 nitrogen and oxygen atoms in total. The number of hydrogen-bond donors (Lipinski definition) is 1. The van der Waals surface area contributed by atoms with Crippen molar-refractivity contribution in [3.05, 3.63) is 0 Å². The first-order valence-corrected chi connectivity index (χ1v) is 7.03. The largest absolute Gasteiger partial charge is 0.372 e. The van der Waals surface area contributed by atoms with Gasteiger partial charge in [0.1, 0.15) is 0 Å². The van der Waals surface area contributed by atoms with E-state index in [0.29, 0.717) is 19.7 Å². The molecule has 1 saturated heterocycles. The Bertz CT molecular complexity index is 252. The molecule has 1 heterocycles. The van der Waals surface area contributed by atoms with Crippen molar-refractivity contribution >= 4 is 30.1 Å². The lowest BCUT2D eigenvalue weighted by Crippen LogP contribution is -2.54. The van der Waals surface area contributed by atoms with Crippen molar-refractivity contribution in [3.8, 4) is 0 Å². The molecule has 2 N–H and O–H groups in total. The molecule has 1 aliphatic heterocycles. The summed E-state index contributed by atoms with van der Waals surface area (Å²) in [6, 6.07) is -0.360. The molecule has 1 fully saturated rings. The Morgan fingerprint density at radius 3 is 2.76 bits per heavy atom. The van der Waals surface area contributed by atoms with Crippen LogP contribution in [-0.4, -0.2) is 54.2 Å². The van der Waals surface area contributed by atoms with E-state index in [1.165, 1.54) is 0 Å². The molecule has 6 heteroatoms. The molecule has 0 radical (unpaired) electrons. The molecular formula is C11H23ClN2O2S. The normalized spacial score (nSPS) is 20.6. The number of nitrogens with two attached hydrogens (primary N) is 1. The fraction of sp³-hybridized carbons (Fsp3) is 0.909. The van der Waals surface area contributed by atoms with E-state index in [2.05, 4.69) is 0 Å². The highest BCUT2D eigenvalue weighted by atomic mass is 35.5. The zero-order chi connectivity index (χ0) is 12.2. The zero-order valence-electron chi connectivity index (χ0n) is 10.8. The van der Waals surface area contributed by atoms with E-state index >= 15 is 0 Å². The van der Waals surface area contributed by atoms with Gasteiger partial charge in [-0.2, -0.15) is 11.8 Å². The monoisotopic (exact) mass is 282 g/mol. The summed E-state index contributed by atoms with van der Waals surface area (Å²) >= 11 is 1.72. The number of rotatable bonds is 4. The van der Waals surface area contributed by atoms with Gasteiger partial charge in [0.05, 0.1) is 18.2 Å². The van der Waals surface area contributed by atoms with Crippen LogP contribution >= 0.6 is 24.2 Å². The highest BCUT2D eigenvalue weighted by molar-refractivity contribution is 7.98. The second kappa shape index (κ2) is 7.46. The van der Waals surface area contributed by atoms with Crippen LogP contribution < -0.4 is 5.73 Å². The van der Waals surface area contributed by atoms with E-state index in [4.69, 9.17) is 10.5 Å². The summed E-state index contributed by atoms with van der Waals surface area (Å²) in [4.78, 5) is 13.9. The van der Waals surface area contributed by atoms with E-state index in [1.54, 1.807) is 11.8 Å². The number of nitrogens with zero attached hydrogens (tertiary/aromatic N) is 1. The zero-order valence-corrected chi connectivity index (χ0v) is 12.4. The average molecular weight is 283 g/mol. The van der Waals surface area contributed by atoms with Crippen LogP contribution in [0.15, 0.2) is 0 Å². The van der Waals surface area contributed by atoms with Gasteiger partial charge >= 0.3 is 0 Å². The smallest absolute Gasteiger partial charge is 0.239 e. The fourth-order valence-electron chi connectivity index (χ4n) is 1.81. The lowest BCUT2D eigenvalue weighted by molar-refractivity contribution is -0.147. The Kier molecular flexibility index (Phi) is 7.47. The summed E-state index contributed by atoms with van der Waals surface area (Å²) in [6.45, 7) is 5.90. The van der Waals surface area contributed by atoms with E-state index in [-0.39, 0.29) is 30.0 Å². The Morgan fingerprint density at radius 1 is 1.59 bits per heavy atom. The molecular weight excluding hydrogens is 260 g/mol. The lowest BCUT2D eigenvalue weighted by Gasteiger charge is -2.39. The molecule has 0 unspecified atom stereocenters. The minimum absolute atomic E-state index is 0. The summed E-state index contributed by atoms with van der Waals surface area (Å²) in [5.41, 5.74) is 5.63. The summed E-state index contributed by atoms with van der Waals surface area (Å²) < 4.78 is 5.57. The van der Waals surface area contributed by atoms with E-state index in [9.17, 15) is 4.79 Å². The topological polar surface area (TPSA) is 55.6 Å². The van der Waals surface area contributed by atoms with Gasteiger partial charge in [-0.1, -0.05) is 0 Å². The second-order valence-electron chi connectivity index (χ2n) is 4.76. The Hall–Kier alpha value is 0.0300. The fourth-order valence-corrected chi connectivity index (χ4v) is 2.30. The minimum Gasteiger partial charge on any atom is -0.372 e. The molecule has 17 heavy (non-hydrogen) atoms. The molecule has 0 aliphatic carbocycles. The molecule has 0 aromatic heterocycles. The first kappa shape index (κ1) is 17.0. The first-order valence-electron chi connectivity index (χ1n) is 5.63. The third-order valence-electron chi connectivity index (χ3n) is 2.69. The number of carbonyl (C=O) groups excluding carboxylic acids is 1. The van der Waals surface area contributed by atoms with E-state index < -0.39 is 0 Å². The SMILES string of the molecule is CSCC[C@H](N)C(=O)N1CCOC(C)(C)C1.Cl. The van der Waals surface area contributed by atoms with Gasteiger partial charge in [-0.15, -0.1) is 12.4 Å². The van der Waals surface area contributed by atoms with Crippen molar-refractivity contribution in [1.82, 2.24) is 4.90 Å². The minimum atomic E-state index is -0.360. The van der Waals surface area contributed by atoms with Gasteiger partial charge in [0.2, 0.25) is 5.91 Å². The maximum Gasteiger partial charge on any atom is 0.239 e. The van der Waals surface area contributed by atoms with Gasteiger partial charge in [0.15, 0.2) is 0 Å².